The van der Waals surface area contributed by atoms with Gasteiger partial charge in [0.05, 0.1) is 11.9 Å². The maximum atomic E-state index is 12.3. The van der Waals surface area contributed by atoms with E-state index in [2.05, 4.69) is 23.7 Å². The molecule has 8 nitrogen and oxygen atoms in total. The van der Waals surface area contributed by atoms with E-state index in [0.29, 0.717) is 23.9 Å². The molecule has 0 spiro atoms. The van der Waals surface area contributed by atoms with Crippen molar-refractivity contribution < 1.29 is 24.3 Å². The summed E-state index contributed by atoms with van der Waals surface area (Å²) in [5.74, 6) is -0.817. The summed E-state index contributed by atoms with van der Waals surface area (Å²) in [6.45, 7) is 7.18. The van der Waals surface area contributed by atoms with Gasteiger partial charge in [-0.3, -0.25) is 14.6 Å². The Kier molecular flexibility index (Phi) is 8.30. The van der Waals surface area contributed by atoms with E-state index in [0.717, 1.165) is 42.1 Å². The Morgan fingerprint density at radius 3 is 2.66 bits per heavy atom. The number of aliphatic hydroxyl groups is 1. The molecule has 8 heteroatoms. The van der Waals surface area contributed by atoms with Crippen molar-refractivity contribution in [2.24, 2.45) is 0 Å². The molecule has 1 amide bonds. The standard InChI is InChI=1S/C24H31N3O5/c1-3-26(4-2)11-5-6-20(28)13-18-12-19-8-7-17(14-21(19)25-16-18)15-24(31)32-27-22(29)9-10-23(27)30/h7-8,12,14,16,22,29H,3-6,9-11,13,15H2,1-2H3. The van der Waals surface area contributed by atoms with Crippen molar-refractivity contribution in [1.29, 1.82) is 0 Å². The molecule has 0 aliphatic carbocycles. The number of amides is 1. The van der Waals surface area contributed by atoms with Crippen molar-refractivity contribution in [3.05, 3.63) is 41.6 Å². The fourth-order valence-electron chi connectivity index (χ4n) is 3.84. The molecule has 1 N–H and O–H groups in total. The Morgan fingerprint density at radius 1 is 1.19 bits per heavy atom. The minimum atomic E-state index is -1.08. The van der Waals surface area contributed by atoms with Crippen molar-refractivity contribution in [3.8, 4) is 0 Å². The number of aliphatic hydroxyl groups excluding tert-OH is 1. The molecule has 3 rings (SSSR count). The van der Waals surface area contributed by atoms with Gasteiger partial charge >= 0.3 is 5.97 Å². The molecule has 1 aromatic heterocycles. The monoisotopic (exact) mass is 441 g/mol. The summed E-state index contributed by atoms with van der Waals surface area (Å²) in [5, 5.41) is 11.3. The van der Waals surface area contributed by atoms with Crippen LogP contribution < -0.4 is 0 Å². The van der Waals surface area contributed by atoms with Crippen LogP contribution in [-0.4, -0.2) is 63.6 Å². The lowest BCUT2D eigenvalue weighted by Gasteiger charge is -2.18. The van der Waals surface area contributed by atoms with Crippen molar-refractivity contribution >= 4 is 28.6 Å². The van der Waals surface area contributed by atoms with Crippen LogP contribution in [0.15, 0.2) is 30.5 Å². The van der Waals surface area contributed by atoms with Gasteiger partial charge in [-0.25, -0.2) is 4.79 Å². The first kappa shape index (κ1) is 23.8. The summed E-state index contributed by atoms with van der Waals surface area (Å²) in [6.07, 6.45) is 2.78. The first-order valence-corrected chi connectivity index (χ1v) is 11.2. The zero-order chi connectivity index (χ0) is 23.1. The third-order valence-corrected chi connectivity index (χ3v) is 5.71. The molecule has 0 bridgehead atoms. The first-order chi connectivity index (χ1) is 15.4. The largest absolute Gasteiger partial charge is 0.370 e. The molecular formula is C24H31N3O5. The van der Waals surface area contributed by atoms with Crippen LogP contribution in [0.3, 0.4) is 0 Å². The average molecular weight is 442 g/mol. The summed E-state index contributed by atoms with van der Waals surface area (Å²) in [4.78, 5) is 47.9. The van der Waals surface area contributed by atoms with Crippen LogP contribution in [0.1, 0.15) is 50.7 Å². The first-order valence-electron chi connectivity index (χ1n) is 11.2. The topological polar surface area (TPSA) is 100 Å². The summed E-state index contributed by atoms with van der Waals surface area (Å²) in [6, 6.07) is 7.39. The van der Waals surface area contributed by atoms with Crippen molar-refractivity contribution in [1.82, 2.24) is 14.9 Å². The Hall–Kier alpha value is -2.84. The summed E-state index contributed by atoms with van der Waals surface area (Å²) >= 11 is 0. The molecule has 1 fully saturated rings. The average Bonchev–Trinajstić information content (AvgIpc) is 3.08. The lowest BCUT2D eigenvalue weighted by molar-refractivity contribution is -0.220. The van der Waals surface area contributed by atoms with Crippen molar-refractivity contribution in [2.45, 2.75) is 58.6 Å². The highest BCUT2D eigenvalue weighted by molar-refractivity contribution is 5.85. The number of carbonyl (C=O) groups excluding carboxylic acids is 3. The number of carbonyl (C=O) groups is 3. The fourth-order valence-corrected chi connectivity index (χ4v) is 3.84. The lowest BCUT2D eigenvalue weighted by Crippen LogP contribution is -2.35. The highest BCUT2D eigenvalue weighted by Gasteiger charge is 2.32. The minimum Gasteiger partial charge on any atom is -0.370 e. The second-order valence-electron chi connectivity index (χ2n) is 8.10. The van der Waals surface area contributed by atoms with Gasteiger partial charge < -0.3 is 14.8 Å². The number of hydroxylamine groups is 2. The van der Waals surface area contributed by atoms with Gasteiger partial charge in [0.25, 0.3) is 5.91 Å². The number of Topliss-reactive ketones (excluding diaryl/α,β-unsaturated/α-hetero) is 1. The van der Waals surface area contributed by atoms with E-state index in [4.69, 9.17) is 4.84 Å². The van der Waals surface area contributed by atoms with E-state index in [1.165, 1.54) is 0 Å². The molecule has 2 aromatic rings. The van der Waals surface area contributed by atoms with Gasteiger partial charge in [0, 0.05) is 37.3 Å². The van der Waals surface area contributed by atoms with E-state index >= 15 is 0 Å². The number of aromatic nitrogens is 1. The second-order valence-corrected chi connectivity index (χ2v) is 8.10. The highest BCUT2D eigenvalue weighted by atomic mass is 16.7. The molecular weight excluding hydrogens is 410 g/mol. The number of ketones is 1. The van der Waals surface area contributed by atoms with E-state index in [1.54, 1.807) is 18.3 Å². The molecule has 1 unspecified atom stereocenters. The van der Waals surface area contributed by atoms with Gasteiger partial charge in [0.15, 0.2) is 6.23 Å². The van der Waals surface area contributed by atoms with Crippen LogP contribution in [0.4, 0.5) is 0 Å². The molecule has 1 aliphatic heterocycles. The van der Waals surface area contributed by atoms with E-state index in [-0.39, 0.29) is 25.0 Å². The minimum absolute atomic E-state index is 0.0408. The molecule has 1 atom stereocenters. The number of rotatable bonds is 11. The third-order valence-electron chi connectivity index (χ3n) is 5.71. The SMILES string of the molecule is CCN(CC)CCCC(=O)Cc1cnc2cc(CC(=O)ON3C(=O)CCC3O)ccc2c1. The maximum absolute atomic E-state index is 12.3. The van der Waals surface area contributed by atoms with Crippen LogP contribution >= 0.6 is 0 Å². The van der Waals surface area contributed by atoms with Gasteiger partial charge in [-0.2, -0.15) is 0 Å². The number of pyridine rings is 1. The molecule has 0 radical (unpaired) electrons. The molecule has 1 saturated heterocycles. The smallest absolute Gasteiger partial charge is 0.337 e. The number of nitrogens with zero attached hydrogens (tertiary/aromatic N) is 3. The summed E-state index contributed by atoms with van der Waals surface area (Å²) in [7, 11) is 0. The second kappa shape index (κ2) is 11.2. The predicted molar refractivity (Wildman–Crippen MR) is 119 cm³/mol. The van der Waals surface area contributed by atoms with Crippen LogP contribution in [-0.2, 0) is 32.1 Å². The van der Waals surface area contributed by atoms with E-state index in [1.807, 2.05) is 12.1 Å². The number of hydrogen-bond donors (Lipinski definition) is 1. The molecule has 2 heterocycles. The van der Waals surface area contributed by atoms with E-state index < -0.39 is 18.1 Å². The zero-order valence-electron chi connectivity index (χ0n) is 18.7. The Bertz CT molecular complexity index is 973. The molecule has 172 valence electrons. The normalized spacial score (nSPS) is 16.2. The van der Waals surface area contributed by atoms with Gasteiger partial charge in [-0.1, -0.05) is 26.0 Å². The maximum Gasteiger partial charge on any atom is 0.337 e. The number of benzene rings is 1. The Labute approximate surface area is 188 Å². The Morgan fingerprint density at radius 2 is 1.97 bits per heavy atom. The number of hydrogen-bond acceptors (Lipinski definition) is 7. The summed E-state index contributed by atoms with van der Waals surface area (Å²) < 4.78 is 0. The third kappa shape index (κ3) is 6.34. The molecule has 32 heavy (non-hydrogen) atoms. The van der Waals surface area contributed by atoms with Crippen LogP contribution in [0.5, 0.6) is 0 Å². The van der Waals surface area contributed by atoms with Crippen LogP contribution in [0, 0.1) is 0 Å². The predicted octanol–water partition coefficient (Wildman–Crippen LogP) is 2.41. The van der Waals surface area contributed by atoms with Crippen LogP contribution in [0.25, 0.3) is 10.9 Å². The van der Waals surface area contributed by atoms with Crippen molar-refractivity contribution in [2.75, 3.05) is 19.6 Å². The molecule has 1 aromatic carbocycles. The quantitative estimate of drug-likeness (QED) is 0.572. The van der Waals surface area contributed by atoms with Gasteiger partial charge in [-0.15, -0.1) is 5.06 Å². The summed E-state index contributed by atoms with van der Waals surface area (Å²) in [5.41, 5.74) is 2.28. The van der Waals surface area contributed by atoms with E-state index in [9.17, 15) is 19.5 Å². The Balaban J connectivity index is 1.55. The fraction of sp³-hybridized carbons (Fsp3) is 0.500. The van der Waals surface area contributed by atoms with Crippen LogP contribution in [0.2, 0.25) is 0 Å². The molecule has 1 aliphatic rings. The van der Waals surface area contributed by atoms with Gasteiger partial charge in [0.1, 0.15) is 5.78 Å². The number of fused-ring (bicyclic) bond motifs is 1. The highest BCUT2D eigenvalue weighted by Crippen LogP contribution is 2.19. The van der Waals surface area contributed by atoms with Gasteiger partial charge in [-0.05, 0) is 49.3 Å². The molecule has 0 saturated carbocycles. The zero-order valence-corrected chi connectivity index (χ0v) is 18.7. The van der Waals surface area contributed by atoms with Crippen molar-refractivity contribution in [3.63, 3.8) is 0 Å². The van der Waals surface area contributed by atoms with Gasteiger partial charge in [0.2, 0.25) is 0 Å². The lowest BCUT2D eigenvalue weighted by atomic mass is 10.0.